The van der Waals surface area contributed by atoms with E-state index in [2.05, 4.69) is 4.98 Å². The Hall–Kier alpha value is -1.75. The molecule has 4 nitrogen and oxygen atoms in total. The van der Waals surface area contributed by atoms with Gasteiger partial charge in [-0.05, 0) is 17.5 Å². The number of nitrogens with zero attached hydrogens (tertiary/aromatic N) is 2. The van der Waals surface area contributed by atoms with Gasteiger partial charge < -0.3 is 0 Å². The molecule has 0 aromatic carbocycles. The van der Waals surface area contributed by atoms with Crippen molar-refractivity contribution < 1.29 is 4.92 Å². The van der Waals surface area contributed by atoms with Gasteiger partial charge >= 0.3 is 0 Å². The monoisotopic (exact) mass is 206 g/mol. The highest BCUT2D eigenvalue weighted by Gasteiger charge is 2.15. The minimum absolute atomic E-state index is 0.0509. The van der Waals surface area contributed by atoms with Crippen molar-refractivity contribution in [2.24, 2.45) is 0 Å². The van der Waals surface area contributed by atoms with Crippen LogP contribution in [0, 0.1) is 10.1 Å². The van der Waals surface area contributed by atoms with Crippen LogP contribution in [0.1, 0.15) is 0 Å². The van der Waals surface area contributed by atoms with Crippen LogP contribution in [0.25, 0.3) is 10.6 Å². The highest BCUT2D eigenvalue weighted by Crippen LogP contribution is 2.30. The van der Waals surface area contributed by atoms with Gasteiger partial charge in [-0.25, -0.2) is 4.98 Å². The van der Waals surface area contributed by atoms with Crippen molar-refractivity contribution in [1.29, 1.82) is 0 Å². The second-order valence-electron chi connectivity index (χ2n) is 2.61. The molecular formula is C9H6N2O2S. The molecule has 14 heavy (non-hydrogen) atoms. The van der Waals surface area contributed by atoms with E-state index in [0.717, 1.165) is 4.88 Å². The van der Waals surface area contributed by atoms with Crippen molar-refractivity contribution in [3.63, 3.8) is 0 Å². The highest BCUT2D eigenvalue weighted by atomic mass is 32.1. The number of nitro groups is 1. The molecule has 0 saturated heterocycles. The maximum atomic E-state index is 10.7. The van der Waals surface area contributed by atoms with E-state index < -0.39 is 4.92 Å². The summed E-state index contributed by atoms with van der Waals surface area (Å²) in [5.41, 5.74) is 0.488. The zero-order valence-electron chi connectivity index (χ0n) is 7.08. The fourth-order valence-corrected chi connectivity index (χ4v) is 1.88. The topological polar surface area (TPSA) is 56.0 Å². The van der Waals surface area contributed by atoms with Crippen molar-refractivity contribution >= 4 is 17.0 Å². The summed E-state index contributed by atoms with van der Waals surface area (Å²) < 4.78 is 0. The van der Waals surface area contributed by atoms with Crippen LogP contribution < -0.4 is 0 Å². The molecule has 0 radical (unpaired) electrons. The van der Waals surface area contributed by atoms with Gasteiger partial charge in [-0.2, -0.15) is 0 Å². The Kier molecular flexibility index (Phi) is 2.24. The Labute approximate surface area is 84.0 Å². The van der Waals surface area contributed by atoms with Crippen molar-refractivity contribution in [2.75, 3.05) is 0 Å². The van der Waals surface area contributed by atoms with Gasteiger partial charge in [0.15, 0.2) is 5.69 Å². The van der Waals surface area contributed by atoms with Crippen LogP contribution in [0.3, 0.4) is 0 Å². The van der Waals surface area contributed by atoms with E-state index in [1.807, 2.05) is 17.5 Å². The SMILES string of the molecule is O=[N+]([O-])c1cccnc1-c1cccs1. The molecule has 0 amide bonds. The summed E-state index contributed by atoms with van der Waals surface area (Å²) in [6.07, 6.45) is 1.56. The molecule has 0 aliphatic carbocycles. The Morgan fingerprint density at radius 1 is 1.36 bits per heavy atom. The smallest absolute Gasteiger partial charge is 0.258 e. The summed E-state index contributed by atoms with van der Waals surface area (Å²) in [7, 11) is 0. The van der Waals surface area contributed by atoms with Gasteiger partial charge in [-0.3, -0.25) is 10.1 Å². The molecule has 5 heteroatoms. The van der Waals surface area contributed by atoms with Crippen molar-refractivity contribution in [1.82, 2.24) is 4.98 Å². The van der Waals surface area contributed by atoms with Gasteiger partial charge in [0, 0.05) is 12.3 Å². The molecule has 0 saturated carbocycles. The van der Waals surface area contributed by atoms with Gasteiger partial charge in [-0.15, -0.1) is 11.3 Å². The standard InChI is InChI=1S/C9H6N2O2S/c12-11(13)7-3-1-5-10-9(7)8-4-2-6-14-8/h1-6H. The van der Waals surface area contributed by atoms with E-state index in [-0.39, 0.29) is 5.69 Å². The van der Waals surface area contributed by atoms with Gasteiger partial charge in [0.1, 0.15) is 0 Å². The van der Waals surface area contributed by atoms with Crippen LogP contribution in [-0.2, 0) is 0 Å². The summed E-state index contributed by atoms with van der Waals surface area (Å²) >= 11 is 1.44. The predicted molar refractivity (Wildman–Crippen MR) is 54.2 cm³/mol. The van der Waals surface area contributed by atoms with E-state index in [1.54, 1.807) is 12.3 Å². The number of hydrogen-bond donors (Lipinski definition) is 0. The number of hydrogen-bond acceptors (Lipinski definition) is 4. The minimum Gasteiger partial charge on any atom is -0.258 e. The summed E-state index contributed by atoms with van der Waals surface area (Å²) in [6, 6.07) is 6.69. The normalized spacial score (nSPS) is 10.0. The van der Waals surface area contributed by atoms with E-state index in [1.165, 1.54) is 17.4 Å². The lowest BCUT2D eigenvalue weighted by atomic mass is 10.2. The van der Waals surface area contributed by atoms with Crippen LogP contribution in [0.15, 0.2) is 35.8 Å². The maximum Gasteiger partial charge on any atom is 0.296 e. The summed E-state index contributed by atoms with van der Waals surface area (Å²) in [6.45, 7) is 0. The molecule has 0 atom stereocenters. The fourth-order valence-electron chi connectivity index (χ4n) is 1.15. The largest absolute Gasteiger partial charge is 0.296 e. The lowest BCUT2D eigenvalue weighted by Crippen LogP contribution is -1.92. The van der Waals surface area contributed by atoms with Crippen LogP contribution in [0.2, 0.25) is 0 Å². The Morgan fingerprint density at radius 2 is 2.21 bits per heavy atom. The first-order valence-electron chi connectivity index (χ1n) is 3.92. The average molecular weight is 206 g/mol. The molecular weight excluding hydrogens is 200 g/mol. The van der Waals surface area contributed by atoms with Crippen molar-refractivity contribution in [3.8, 4) is 10.6 Å². The quantitative estimate of drug-likeness (QED) is 0.560. The number of aromatic nitrogens is 1. The van der Waals surface area contributed by atoms with E-state index in [4.69, 9.17) is 0 Å². The van der Waals surface area contributed by atoms with Crippen LogP contribution >= 0.6 is 11.3 Å². The predicted octanol–water partition coefficient (Wildman–Crippen LogP) is 2.72. The molecule has 2 rings (SSSR count). The fraction of sp³-hybridized carbons (Fsp3) is 0. The van der Waals surface area contributed by atoms with E-state index in [0.29, 0.717) is 5.69 Å². The average Bonchev–Trinajstić information content (AvgIpc) is 2.70. The highest BCUT2D eigenvalue weighted by molar-refractivity contribution is 7.13. The second kappa shape index (κ2) is 3.55. The van der Waals surface area contributed by atoms with E-state index >= 15 is 0 Å². The van der Waals surface area contributed by atoms with Crippen LogP contribution in [0.5, 0.6) is 0 Å². The van der Waals surface area contributed by atoms with Crippen molar-refractivity contribution in [2.45, 2.75) is 0 Å². The number of thiophene rings is 1. The third kappa shape index (κ3) is 1.49. The molecule has 2 aromatic heterocycles. The minimum atomic E-state index is -0.415. The Bertz CT molecular complexity index is 454. The lowest BCUT2D eigenvalue weighted by Gasteiger charge is -1.97. The number of pyridine rings is 1. The Morgan fingerprint density at radius 3 is 2.86 bits per heavy atom. The van der Waals surface area contributed by atoms with Gasteiger partial charge in [0.2, 0.25) is 0 Å². The third-order valence-corrected chi connectivity index (χ3v) is 2.61. The summed E-state index contributed by atoms with van der Waals surface area (Å²) in [5, 5.41) is 12.6. The van der Waals surface area contributed by atoms with E-state index in [9.17, 15) is 10.1 Å². The zero-order valence-corrected chi connectivity index (χ0v) is 7.90. The summed E-state index contributed by atoms with van der Waals surface area (Å²) in [5.74, 6) is 0. The third-order valence-electron chi connectivity index (χ3n) is 1.74. The van der Waals surface area contributed by atoms with Crippen LogP contribution in [0.4, 0.5) is 5.69 Å². The van der Waals surface area contributed by atoms with Crippen molar-refractivity contribution in [3.05, 3.63) is 46.0 Å². The number of rotatable bonds is 2. The molecule has 0 aliphatic heterocycles. The molecule has 2 heterocycles. The molecule has 0 N–H and O–H groups in total. The second-order valence-corrected chi connectivity index (χ2v) is 3.55. The molecule has 0 spiro atoms. The maximum absolute atomic E-state index is 10.7. The first-order chi connectivity index (χ1) is 6.79. The molecule has 70 valence electrons. The molecule has 0 bridgehead atoms. The molecule has 0 fully saturated rings. The molecule has 2 aromatic rings. The molecule has 0 aliphatic rings. The Balaban J connectivity index is 2.58. The molecule has 0 unspecified atom stereocenters. The zero-order chi connectivity index (χ0) is 9.97. The first kappa shape index (κ1) is 8.83. The van der Waals surface area contributed by atoms with Gasteiger partial charge in [-0.1, -0.05) is 6.07 Å². The summed E-state index contributed by atoms with van der Waals surface area (Å²) in [4.78, 5) is 15.1. The van der Waals surface area contributed by atoms with Gasteiger partial charge in [0.05, 0.1) is 9.80 Å². The van der Waals surface area contributed by atoms with Gasteiger partial charge in [0.25, 0.3) is 5.69 Å². The van der Waals surface area contributed by atoms with Crippen LogP contribution in [-0.4, -0.2) is 9.91 Å². The first-order valence-corrected chi connectivity index (χ1v) is 4.80. The lowest BCUT2D eigenvalue weighted by molar-refractivity contribution is -0.384.